The van der Waals surface area contributed by atoms with E-state index in [0.29, 0.717) is 0 Å². The minimum Gasteiger partial charge on any atom is -0.485 e. The summed E-state index contributed by atoms with van der Waals surface area (Å²) in [7, 11) is 0. The van der Waals surface area contributed by atoms with E-state index in [1.165, 1.54) is 61.6 Å². The maximum Gasteiger partial charge on any atom is 0.131 e. The van der Waals surface area contributed by atoms with Crippen LogP contribution in [0.3, 0.4) is 0 Å². The quantitative estimate of drug-likeness (QED) is 0.184. The van der Waals surface area contributed by atoms with Gasteiger partial charge in [0.1, 0.15) is 23.4 Å². The van der Waals surface area contributed by atoms with Crippen molar-refractivity contribution in [2.75, 3.05) is 0 Å². The molecule has 3 nitrogen and oxygen atoms in total. The first-order chi connectivity index (χ1) is 26.3. The van der Waals surface area contributed by atoms with Gasteiger partial charge in [-0.3, -0.25) is 0 Å². The first kappa shape index (κ1) is 30.6. The molecule has 5 atom stereocenters. The van der Waals surface area contributed by atoms with Crippen LogP contribution in [-0.2, 0) is 6.42 Å². The lowest BCUT2D eigenvalue weighted by Gasteiger charge is -2.45. The molecule has 2 aliphatic heterocycles. The fourth-order valence-electron chi connectivity index (χ4n) is 9.94. The van der Waals surface area contributed by atoms with Crippen LogP contribution in [0, 0.1) is 5.92 Å². The Bertz CT molecular complexity index is 2520. The van der Waals surface area contributed by atoms with E-state index in [1.54, 1.807) is 0 Å². The topological polar surface area (TPSA) is 23.4 Å². The van der Waals surface area contributed by atoms with E-state index in [0.717, 1.165) is 36.5 Å². The Labute approximate surface area is 310 Å². The number of para-hydroxylation sites is 2. The summed E-state index contributed by atoms with van der Waals surface area (Å²) in [6, 6.07) is 44.0. The Balaban J connectivity index is 1.15. The summed E-state index contributed by atoms with van der Waals surface area (Å²) in [5.41, 5.74) is 14.4. The van der Waals surface area contributed by atoms with E-state index in [2.05, 4.69) is 175 Å². The van der Waals surface area contributed by atoms with Crippen molar-refractivity contribution in [3.8, 4) is 34.1 Å². The molecule has 0 saturated heterocycles. The van der Waals surface area contributed by atoms with Crippen LogP contribution < -0.4 is 9.47 Å². The molecular formula is C50H39NO2. The van der Waals surface area contributed by atoms with Gasteiger partial charge in [-0.05, 0) is 101 Å². The van der Waals surface area contributed by atoms with Crippen LogP contribution in [0.4, 0.5) is 0 Å². The summed E-state index contributed by atoms with van der Waals surface area (Å²) < 4.78 is 16.3. The summed E-state index contributed by atoms with van der Waals surface area (Å²) in [4.78, 5) is 0. The zero-order valence-electron chi connectivity index (χ0n) is 29.4. The van der Waals surface area contributed by atoms with Crippen molar-refractivity contribution in [2.45, 2.75) is 43.1 Å². The van der Waals surface area contributed by atoms with Crippen LogP contribution >= 0.6 is 0 Å². The zero-order valence-corrected chi connectivity index (χ0v) is 29.4. The van der Waals surface area contributed by atoms with Crippen molar-refractivity contribution < 1.29 is 9.47 Å². The molecule has 0 N–H and O–H groups in total. The van der Waals surface area contributed by atoms with Gasteiger partial charge in [0.25, 0.3) is 0 Å². The average Bonchev–Trinajstić information content (AvgIpc) is 3.57. The number of allylic oxidation sites excluding steroid dienone is 4. The molecule has 3 heteroatoms. The number of benzene rings is 5. The number of hydrogen-bond acceptors (Lipinski definition) is 2. The number of nitrogens with zero attached hydrogens (tertiary/aromatic N) is 1. The summed E-state index contributed by atoms with van der Waals surface area (Å²) in [6.45, 7) is 0. The van der Waals surface area contributed by atoms with Gasteiger partial charge in [0.05, 0.1) is 0 Å². The van der Waals surface area contributed by atoms with Crippen LogP contribution in [-0.4, -0.2) is 10.7 Å². The first-order valence-electron chi connectivity index (χ1n) is 19.1. The van der Waals surface area contributed by atoms with Crippen LogP contribution in [0.15, 0.2) is 158 Å². The maximum absolute atomic E-state index is 6.92. The molecule has 53 heavy (non-hydrogen) atoms. The van der Waals surface area contributed by atoms with Crippen molar-refractivity contribution in [1.82, 2.24) is 4.57 Å². The summed E-state index contributed by atoms with van der Waals surface area (Å²) in [5.74, 6) is 3.36. The van der Waals surface area contributed by atoms with Gasteiger partial charge in [-0.2, -0.15) is 0 Å². The number of rotatable bonds is 4. The standard InChI is InChI=1S/C50H39NO2/c1-3-15-32(16-4-1)33-29-30-45-40(31-33)48(38-20-8-11-26-43(38)52-45)50-39-21-9-12-27-44(39)53-46-28-14-23-36(49(46)50)35-22-13-25-42-47(35)37-19-7-10-24-41(37)51(42)34-17-5-2-6-18-34/h1-9,11-21,23,25-31,35,38,43,48,50H,10,22,24H2. The number of hydrogen-bond donors (Lipinski definition) is 0. The molecule has 3 aliphatic carbocycles. The molecule has 0 radical (unpaired) electrons. The molecule has 256 valence electrons. The monoisotopic (exact) mass is 685 g/mol. The van der Waals surface area contributed by atoms with E-state index < -0.39 is 0 Å². The Morgan fingerprint density at radius 3 is 2.30 bits per heavy atom. The third kappa shape index (κ3) is 4.80. The number of fused-ring (bicyclic) bond motifs is 7. The van der Waals surface area contributed by atoms with Crippen LogP contribution in [0.25, 0.3) is 29.0 Å². The highest BCUT2D eigenvalue weighted by Gasteiger charge is 2.46. The fourth-order valence-corrected chi connectivity index (χ4v) is 9.94. The highest BCUT2D eigenvalue weighted by Crippen LogP contribution is 2.59. The smallest absolute Gasteiger partial charge is 0.131 e. The van der Waals surface area contributed by atoms with Crippen molar-refractivity contribution in [2.24, 2.45) is 5.92 Å². The lowest BCUT2D eigenvalue weighted by Crippen LogP contribution is -2.38. The molecule has 1 aromatic heterocycles. The first-order valence-corrected chi connectivity index (χ1v) is 19.1. The molecule has 5 aliphatic rings. The predicted octanol–water partition coefficient (Wildman–Crippen LogP) is 12.2. The second-order valence-corrected chi connectivity index (χ2v) is 14.9. The SMILES string of the molecule is C1=CC2Oc3ccc(-c4ccccc4)cc3C(C3c4ccccc4Oc4cccc(C5CC=Cc6c5c5c(n6-c6ccccc6)CCC=C5)c43)C2C=C1. The number of aromatic nitrogens is 1. The number of ether oxygens (including phenoxy) is 2. The Hall–Kier alpha value is -6.06. The van der Waals surface area contributed by atoms with E-state index in [1.807, 2.05) is 0 Å². The van der Waals surface area contributed by atoms with Gasteiger partial charge in [0.15, 0.2) is 0 Å². The molecule has 6 aromatic rings. The predicted molar refractivity (Wildman–Crippen MR) is 214 cm³/mol. The minimum absolute atomic E-state index is 0.0420. The highest BCUT2D eigenvalue weighted by molar-refractivity contribution is 5.75. The molecule has 5 aromatic carbocycles. The molecule has 11 rings (SSSR count). The second-order valence-electron chi connectivity index (χ2n) is 14.9. The molecule has 0 bridgehead atoms. The van der Waals surface area contributed by atoms with Crippen LogP contribution in [0.5, 0.6) is 17.2 Å². The van der Waals surface area contributed by atoms with E-state index >= 15 is 0 Å². The molecule has 0 saturated carbocycles. The second kappa shape index (κ2) is 12.3. The van der Waals surface area contributed by atoms with Gasteiger partial charge >= 0.3 is 0 Å². The van der Waals surface area contributed by atoms with Gasteiger partial charge in [-0.15, -0.1) is 0 Å². The van der Waals surface area contributed by atoms with Gasteiger partial charge in [-0.1, -0.05) is 121 Å². The molecule has 0 fully saturated rings. The Morgan fingerprint density at radius 2 is 1.40 bits per heavy atom. The van der Waals surface area contributed by atoms with E-state index in [9.17, 15) is 0 Å². The fraction of sp³-hybridized carbons (Fsp3) is 0.160. The lowest BCUT2D eigenvalue weighted by molar-refractivity contribution is 0.148. The molecule has 5 unspecified atom stereocenters. The maximum atomic E-state index is 6.92. The third-order valence-corrected chi connectivity index (χ3v) is 12.1. The minimum atomic E-state index is -0.0491. The van der Waals surface area contributed by atoms with Crippen molar-refractivity contribution in [3.05, 3.63) is 203 Å². The van der Waals surface area contributed by atoms with Crippen LogP contribution in [0.2, 0.25) is 0 Å². The Morgan fingerprint density at radius 1 is 0.604 bits per heavy atom. The summed E-state index contributed by atoms with van der Waals surface area (Å²) >= 11 is 0. The zero-order chi connectivity index (χ0) is 34.9. The lowest BCUT2D eigenvalue weighted by atomic mass is 9.64. The van der Waals surface area contributed by atoms with Gasteiger partial charge in [-0.25, -0.2) is 0 Å². The largest absolute Gasteiger partial charge is 0.485 e. The van der Waals surface area contributed by atoms with Crippen molar-refractivity contribution in [1.29, 1.82) is 0 Å². The van der Waals surface area contributed by atoms with Gasteiger partial charge in [0.2, 0.25) is 0 Å². The molecule has 0 spiro atoms. The van der Waals surface area contributed by atoms with Gasteiger partial charge in [0, 0.05) is 51.9 Å². The third-order valence-electron chi connectivity index (χ3n) is 12.1. The van der Waals surface area contributed by atoms with Crippen molar-refractivity contribution in [3.63, 3.8) is 0 Å². The van der Waals surface area contributed by atoms with Gasteiger partial charge < -0.3 is 14.0 Å². The van der Waals surface area contributed by atoms with Crippen molar-refractivity contribution >= 4 is 12.2 Å². The summed E-state index contributed by atoms with van der Waals surface area (Å²) in [5, 5.41) is 0. The Kier molecular flexibility index (Phi) is 7.08. The molecule has 3 heterocycles. The van der Waals surface area contributed by atoms with Crippen LogP contribution in [0.1, 0.15) is 75.4 Å². The van der Waals surface area contributed by atoms with E-state index in [-0.39, 0.29) is 29.8 Å². The normalized spacial score (nSPS) is 22.7. The molecular weight excluding hydrogens is 647 g/mol. The van der Waals surface area contributed by atoms with E-state index in [4.69, 9.17) is 9.47 Å². The highest BCUT2D eigenvalue weighted by atomic mass is 16.5. The molecule has 0 amide bonds. The summed E-state index contributed by atoms with van der Waals surface area (Å²) in [6.07, 6.45) is 21.5. The average molecular weight is 686 g/mol.